The van der Waals surface area contributed by atoms with Crippen molar-refractivity contribution < 1.29 is 27.1 Å². The Hall–Kier alpha value is -3.30. The lowest BCUT2D eigenvalue weighted by atomic mass is 10.1. The van der Waals surface area contributed by atoms with Crippen LogP contribution in [0.2, 0.25) is 0 Å². The third-order valence-electron chi connectivity index (χ3n) is 5.61. The molecule has 35 heavy (non-hydrogen) atoms. The fraction of sp³-hybridized carbons (Fsp3) is 0.346. The van der Waals surface area contributed by atoms with E-state index in [0.717, 1.165) is 5.56 Å². The second kappa shape index (κ2) is 11.9. The van der Waals surface area contributed by atoms with Gasteiger partial charge in [-0.1, -0.05) is 24.3 Å². The highest BCUT2D eigenvalue weighted by Crippen LogP contribution is 2.28. The van der Waals surface area contributed by atoms with E-state index < -0.39 is 16.1 Å². The number of methoxy groups -OCH3 is 2. The zero-order chi connectivity index (χ0) is 25.4. The van der Waals surface area contributed by atoms with Crippen LogP contribution >= 0.6 is 0 Å². The first-order chi connectivity index (χ1) is 16.8. The Morgan fingerprint density at radius 2 is 1.69 bits per heavy atom. The molecule has 3 rings (SSSR count). The molecule has 1 amide bonds. The van der Waals surface area contributed by atoms with Crippen LogP contribution in [0, 0.1) is 0 Å². The summed E-state index contributed by atoms with van der Waals surface area (Å²) in [5, 5.41) is 0. The quantitative estimate of drug-likeness (QED) is 0.374. The van der Waals surface area contributed by atoms with Crippen LogP contribution in [0.3, 0.4) is 0 Å². The molecule has 0 N–H and O–H groups in total. The molecule has 0 unspecified atom stereocenters. The highest BCUT2D eigenvalue weighted by atomic mass is 32.2. The zero-order valence-corrected chi connectivity index (χ0v) is 21.3. The van der Waals surface area contributed by atoms with Crippen molar-refractivity contribution in [3.05, 3.63) is 78.3 Å². The molecular weight excluding hydrogens is 468 g/mol. The fourth-order valence-corrected chi connectivity index (χ4v) is 5.30. The molecule has 0 aliphatic carbocycles. The lowest BCUT2D eigenvalue weighted by molar-refractivity contribution is -0.132. The molecule has 8 nitrogen and oxygen atoms in total. The highest BCUT2D eigenvalue weighted by Gasteiger charge is 2.30. The minimum atomic E-state index is -3.84. The van der Waals surface area contributed by atoms with Crippen molar-refractivity contribution in [1.82, 2.24) is 9.21 Å². The maximum atomic E-state index is 13.4. The first kappa shape index (κ1) is 26.3. The number of amides is 1. The van der Waals surface area contributed by atoms with Gasteiger partial charge in [-0.15, -0.1) is 0 Å². The van der Waals surface area contributed by atoms with Crippen molar-refractivity contribution in [1.29, 1.82) is 0 Å². The van der Waals surface area contributed by atoms with E-state index in [9.17, 15) is 13.2 Å². The van der Waals surface area contributed by atoms with Gasteiger partial charge in [-0.3, -0.25) is 4.79 Å². The van der Waals surface area contributed by atoms with Crippen LogP contribution in [0.4, 0.5) is 0 Å². The minimum Gasteiger partial charge on any atom is -0.493 e. The molecular formula is C26H32N2O6S. The molecule has 1 aromatic heterocycles. The normalized spacial score (nSPS) is 11.6. The molecule has 0 saturated heterocycles. The second-order valence-corrected chi connectivity index (χ2v) is 10.2. The van der Waals surface area contributed by atoms with Crippen LogP contribution in [-0.2, 0) is 27.8 Å². The number of sulfonamides is 1. The molecule has 0 atom stereocenters. The molecule has 0 aliphatic rings. The van der Waals surface area contributed by atoms with Crippen molar-refractivity contribution in [2.45, 2.75) is 37.8 Å². The van der Waals surface area contributed by atoms with Crippen LogP contribution in [0.25, 0.3) is 0 Å². The lowest BCUT2D eigenvalue weighted by Gasteiger charge is -2.29. The van der Waals surface area contributed by atoms with Crippen molar-refractivity contribution in [3.63, 3.8) is 0 Å². The van der Waals surface area contributed by atoms with E-state index in [2.05, 4.69) is 0 Å². The van der Waals surface area contributed by atoms with Gasteiger partial charge in [-0.2, -0.15) is 4.31 Å². The van der Waals surface area contributed by atoms with Gasteiger partial charge in [0.15, 0.2) is 11.5 Å². The van der Waals surface area contributed by atoms with E-state index in [1.165, 1.54) is 16.4 Å². The Morgan fingerprint density at radius 1 is 0.971 bits per heavy atom. The monoisotopic (exact) mass is 500 g/mol. The van der Waals surface area contributed by atoms with Gasteiger partial charge in [0.05, 0.1) is 38.5 Å². The maximum Gasteiger partial charge on any atom is 0.243 e. The molecule has 0 fully saturated rings. The van der Waals surface area contributed by atoms with Crippen LogP contribution in [0.15, 0.2) is 76.2 Å². The molecule has 1 heterocycles. The predicted molar refractivity (Wildman–Crippen MR) is 133 cm³/mol. The van der Waals surface area contributed by atoms with Crippen LogP contribution in [-0.4, -0.2) is 56.9 Å². The minimum absolute atomic E-state index is 0.157. The molecule has 2 aromatic carbocycles. The fourth-order valence-electron chi connectivity index (χ4n) is 3.69. The number of hydrogen-bond acceptors (Lipinski definition) is 6. The maximum absolute atomic E-state index is 13.4. The Labute approximate surface area is 207 Å². The SMILES string of the molecule is COc1ccc(CCN(Cc2ccco2)C(=O)CN(C(C)C)S(=O)(=O)c2ccccc2)cc1OC. The van der Waals surface area contributed by atoms with Crippen LogP contribution in [0.1, 0.15) is 25.2 Å². The zero-order valence-electron chi connectivity index (χ0n) is 20.5. The van der Waals surface area contributed by atoms with Gasteiger partial charge in [0, 0.05) is 12.6 Å². The Bertz CT molecular complexity index is 1190. The van der Waals surface area contributed by atoms with Gasteiger partial charge in [0.1, 0.15) is 5.76 Å². The number of carbonyl (C=O) groups excluding carboxylic acids is 1. The summed E-state index contributed by atoms with van der Waals surface area (Å²) in [5.41, 5.74) is 0.956. The summed E-state index contributed by atoms with van der Waals surface area (Å²) < 4.78 is 43.9. The Balaban J connectivity index is 1.81. The number of rotatable bonds is 12. The number of carbonyl (C=O) groups is 1. The summed E-state index contributed by atoms with van der Waals surface area (Å²) in [7, 11) is -0.697. The van der Waals surface area contributed by atoms with E-state index in [1.54, 1.807) is 69.6 Å². The molecule has 3 aromatic rings. The first-order valence-electron chi connectivity index (χ1n) is 11.3. The summed E-state index contributed by atoms with van der Waals surface area (Å²) in [6, 6.07) is 16.9. The molecule has 188 valence electrons. The third-order valence-corrected chi connectivity index (χ3v) is 7.65. The highest BCUT2D eigenvalue weighted by molar-refractivity contribution is 7.89. The smallest absolute Gasteiger partial charge is 0.243 e. The summed E-state index contributed by atoms with van der Waals surface area (Å²) in [4.78, 5) is 15.2. The number of furan rings is 1. The molecule has 0 bridgehead atoms. The van der Waals surface area contributed by atoms with E-state index in [4.69, 9.17) is 13.9 Å². The van der Waals surface area contributed by atoms with Gasteiger partial charge in [0.2, 0.25) is 15.9 Å². The topological polar surface area (TPSA) is 89.3 Å². The summed E-state index contributed by atoms with van der Waals surface area (Å²) >= 11 is 0. The predicted octanol–water partition coefficient (Wildman–Crippen LogP) is 3.97. The molecule has 0 radical (unpaired) electrons. The lowest BCUT2D eigenvalue weighted by Crippen LogP contribution is -2.46. The Morgan fingerprint density at radius 3 is 2.29 bits per heavy atom. The average Bonchev–Trinajstić information content (AvgIpc) is 3.38. The van der Waals surface area contributed by atoms with Gasteiger partial charge in [-0.25, -0.2) is 8.42 Å². The number of hydrogen-bond donors (Lipinski definition) is 0. The van der Waals surface area contributed by atoms with E-state index in [1.807, 2.05) is 18.2 Å². The third kappa shape index (κ3) is 6.64. The van der Waals surface area contributed by atoms with E-state index in [-0.39, 0.29) is 23.9 Å². The molecule has 0 aliphatic heterocycles. The molecule has 9 heteroatoms. The first-order valence-corrected chi connectivity index (χ1v) is 12.8. The average molecular weight is 501 g/mol. The molecule has 0 spiro atoms. The second-order valence-electron chi connectivity index (χ2n) is 8.29. The van der Waals surface area contributed by atoms with Gasteiger partial charge >= 0.3 is 0 Å². The van der Waals surface area contributed by atoms with Crippen molar-refractivity contribution in [3.8, 4) is 11.5 Å². The standard InChI is InChI=1S/C26H32N2O6S/c1-20(2)28(35(30,31)23-10-6-5-7-11-23)19-26(29)27(18-22-9-8-16-34-22)15-14-21-12-13-24(32-3)25(17-21)33-4/h5-13,16-17,20H,14-15,18-19H2,1-4H3. The van der Waals surface area contributed by atoms with E-state index >= 15 is 0 Å². The van der Waals surface area contributed by atoms with Gasteiger partial charge in [-0.05, 0) is 62.2 Å². The van der Waals surface area contributed by atoms with Gasteiger partial charge in [0.25, 0.3) is 0 Å². The molecule has 0 saturated carbocycles. The number of benzene rings is 2. The van der Waals surface area contributed by atoms with Gasteiger partial charge < -0.3 is 18.8 Å². The largest absolute Gasteiger partial charge is 0.493 e. The van der Waals surface area contributed by atoms with Crippen LogP contribution < -0.4 is 9.47 Å². The van der Waals surface area contributed by atoms with Crippen molar-refractivity contribution in [2.24, 2.45) is 0 Å². The van der Waals surface area contributed by atoms with E-state index in [0.29, 0.717) is 30.2 Å². The summed E-state index contributed by atoms with van der Waals surface area (Å²) in [6.45, 7) is 3.84. The van der Waals surface area contributed by atoms with Crippen molar-refractivity contribution in [2.75, 3.05) is 27.3 Å². The van der Waals surface area contributed by atoms with Crippen molar-refractivity contribution >= 4 is 15.9 Å². The Kier molecular flexibility index (Phi) is 8.95. The number of ether oxygens (including phenoxy) is 2. The van der Waals surface area contributed by atoms with Crippen LogP contribution in [0.5, 0.6) is 11.5 Å². The summed E-state index contributed by atoms with van der Waals surface area (Å²) in [5.74, 6) is 1.54. The number of nitrogens with zero attached hydrogens (tertiary/aromatic N) is 2. The summed E-state index contributed by atoms with van der Waals surface area (Å²) in [6.07, 6.45) is 2.09.